The molecule has 0 bridgehead atoms. The van der Waals surface area contributed by atoms with Crippen LogP contribution in [-0.2, 0) is 16.0 Å². The van der Waals surface area contributed by atoms with E-state index in [1.165, 1.54) is 6.92 Å². The Morgan fingerprint density at radius 2 is 1.94 bits per heavy atom. The van der Waals surface area contributed by atoms with Crippen LogP contribution in [0.15, 0.2) is 24.3 Å². The van der Waals surface area contributed by atoms with Gasteiger partial charge in [-0.05, 0) is 24.6 Å². The van der Waals surface area contributed by atoms with Crippen LogP contribution in [0.2, 0.25) is 5.02 Å². The number of carbonyl (C=O) groups excluding carboxylic acids is 2. The summed E-state index contributed by atoms with van der Waals surface area (Å²) in [6.07, 6.45) is 0.0783. The number of benzene rings is 1. The lowest BCUT2D eigenvalue weighted by molar-refractivity contribution is -0.128. The van der Waals surface area contributed by atoms with Crippen molar-refractivity contribution in [2.75, 3.05) is 0 Å². The van der Waals surface area contributed by atoms with Gasteiger partial charge in [-0.1, -0.05) is 23.7 Å². The highest BCUT2D eigenvalue weighted by atomic mass is 35.5. The zero-order valence-corrected chi connectivity index (χ0v) is 9.49. The van der Waals surface area contributed by atoms with Crippen molar-refractivity contribution in [3.63, 3.8) is 0 Å². The van der Waals surface area contributed by atoms with Crippen molar-refractivity contribution < 1.29 is 9.59 Å². The first-order chi connectivity index (χ1) is 7.54. The second-order valence-corrected chi connectivity index (χ2v) is 3.88. The molecule has 0 radical (unpaired) electrons. The highest BCUT2D eigenvalue weighted by molar-refractivity contribution is 6.30. The first-order valence-electron chi connectivity index (χ1n) is 4.72. The summed E-state index contributed by atoms with van der Waals surface area (Å²) in [7, 11) is 0. The van der Waals surface area contributed by atoms with Crippen LogP contribution in [0, 0.1) is 17.2 Å². The number of nitrogens with zero attached hydrogens (tertiary/aromatic N) is 1. The fourth-order valence-electron chi connectivity index (χ4n) is 1.30. The Kier molecular flexibility index (Phi) is 4.21. The monoisotopic (exact) mass is 235 g/mol. The van der Waals surface area contributed by atoms with Gasteiger partial charge in [-0.2, -0.15) is 5.26 Å². The summed E-state index contributed by atoms with van der Waals surface area (Å²) >= 11 is 5.70. The molecule has 1 aromatic rings. The Labute approximate surface area is 98.6 Å². The van der Waals surface area contributed by atoms with Crippen LogP contribution in [0.5, 0.6) is 0 Å². The minimum absolute atomic E-state index is 0.0783. The molecular weight excluding hydrogens is 226 g/mol. The minimum Gasteiger partial charge on any atom is -0.298 e. The van der Waals surface area contributed by atoms with Crippen LogP contribution < -0.4 is 0 Å². The van der Waals surface area contributed by atoms with Crippen molar-refractivity contribution >= 4 is 23.2 Å². The highest BCUT2D eigenvalue weighted by Crippen LogP contribution is 2.12. The largest absolute Gasteiger partial charge is 0.298 e. The van der Waals surface area contributed by atoms with Gasteiger partial charge in [0.05, 0.1) is 6.07 Å². The van der Waals surface area contributed by atoms with Crippen molar-refractivity contribution in [2.45, 2.75) is 13.3 Å². The standard InChI is InChI=1S/C12H10ClNO2/c1-8(15)11(7-14)12(16)6-9-2-4-10(13)5-3-9/h2-5,11H,6H2,1H3. The molecule has 0 saturated heterocycles. The average Bonchev–Trinajstić information content (AvgIpc) is 2.22. The summed E-state index contributed by atoms with van der Waals surface area (Å²) in [5.41, 5.74) is 0.746. The molecule has 0 spiro atoms. The van der Waals surface area contributed by atoms with Crippen LogP contribution in [0.4, 0.5) is 0 Å². The second kappa shape index (κ2) is 5.43. The van der Waals surface area contributed by atoms with E-state index in [1.54, 1.807) is 30.3 Å². The van der Waals surface area contributed by atoms with Gasteiger partial charge in [-0.25, -0.2) is 0 Å². The Bertz CT molecular complexity index is 445. The SMILES string of the molecule is CC(=O)C(C#N)C(=O)Cc1ccc(Cl)cc1. The van der Waals surface area contributed by atoms with Crippen LogP contribution in [0.25, 0.3) is 0 Å². The minimum atomic E-state index is -1.16. The maximum absolute atomic E-state index is 11.6. The van der Waals surface area contributed by atoms with E-state index < -0.39 is 11.7 Å². The van der Waals surface area contributed by atoms with E-state index >= 15 is 0 Å². The maximum atomic E-state index is 11.6. The van der Waals surface area contributed by atoms with Gasteiger partial charge in [0.1, 0.15) is 0 Å². The molecule has 1 atom stereocenters. The molecule has 4 heteroatoms. The number of halogens is 1. The Hall–Kier alpha value is -1.66. The van der Waals surface area contributed by atoms with E-state index in [4.69, 9.17) is 16.9 Å². The van der Waals surface area contributed by atoms with Gasteiger partial charge < -0.3 is 0 Å². The van der Waals surface area contributed by atoms with Crippen molar-refractivity contribution in [1.82, 2.24) is 0 Å². The first-order valence-corrected chi connectivity index (χ1v) is 5.09. The molecule has 0 saturated carbocycles. The number of Topliss-reactive ketones (excluding diaryl/α,β-unsaturated/α-hetero) is 2. The van der Waals surface area contributed by atoms with Gasteiger partial charge in [0.25, 0.3) is 0 Å². The van der Waals surface area contributed by atoms with Crippen molar-refractivity contribution in [2.24, 2.45) is 5.92 Å². The smallest absolute Gasteiger partial charge is 0.163 e. The lowest BCUT2D eigenvalue weighted by Crippen LogP contribution is -2.21. The number of rotatable bonds is 4. The fourth-order valence-corrected chi connectivity index (χ4v) is 1.42. The molecule has 0 aliphatic heterocycles. The molecule has 1 rings (SSSR count). The molecule has 16 heavy (non-hydrogen) atoms. The van der Waals surface area contributed by atoms with Crippen LogP contribution in [0.3, 0.4) is 0 Å². The van der Waals surface area contributed by atoms with Crippen molar-refractivity contribution in [3.05, 3.63) is 34.9 Å². The van der Waals surface area contributed by atoms with E-state index in [2.05, 4.69) is 0 Å². The van der Waals surface area contributed by atoms with Crippen molar-refractivity contribution in [3.8, 4) is 6.07 Å². The molecule has 0 amide bonds. The molecule has 3 nitrogen and oxygen atoms in total. The summed E-state index contributed by atoms with van der Waals surface area (Å²) in [5, 5.41) is 9.26. The third-order valence-electron chi connectivity index (χ3n) is 2.15. The summed E-state index contributed by atoms with van der Waals surface area (Å²) in [6.45, 7) is 1.24. The third-order valence-corrected chi connectivity index (χ3v) is 2.40. The summed E-state index contributed by atoms with van der Waals surface area (Å²) in [5.74, 6) is -1.95. The number of ketones is 2. The average molecular weight is 236 g/mol. The number of nitriles is 1. The van der Waals surface area contributed by atoms with Gasteiger partial charge in [-0.15, -0.1) is 0 Å². The van der Waals surface area contributed by atoms with E-state index in [0.717, 1.165) is 5.56 Å². The van der Waals surface area contributed by atoms with Gasteiger partial charge in [0.15, 0.2) is 17.5 Å². The van der Waals surface area contributed by atoms with Crippen LogP contribution in [0.1, 0.15) is 12.5 Å². The molecule has 1 aromatic carbocycles. The lowest BCUT2D eigenvalue weighted by atomic mass is 9.96. The topological polar surface area (TPSA) is 57.9 Å². The Balaban J connectivity index is 2.75. The summed E-state index contributed by atoms with van der Waals surface area (Å²) < 4.78 is 0. The van der Waals surface area contributed by atoms with Crippen LogP contribution in [-0.4, -0.2) is 11.6 Å². The first kappa shape index (κ1) is 12.4. The van der Waals surface area contributed by atoms with Gasteiger partial charge >= 0.3 is 0 Å². The molecule has 0 heterocycles. The number of carbonyl (C=O) groups is 2. The van der Waals surface area contributed by atoms with E-state index in [-0.39, 0.29) is 12.2 Å². The lowest BCUT2D eigenvalue weighted by Gasteiger charge is -2.04. The molecule has 0 aromatic heterocycles. The predicted molar refractivity (Wildman–Crippen MR) is 59.9 cm³/mol. The normalized spacial score (nSPS) is 11.6. The zero-order valence-electron chi connectivity index (χ0n) is 8.74. The zero-order chi connectivity index (χ0) is 12.1. The molecule has 0 fully saturated rings. The molecule has 82 valence electrons. The van der Waals surface area contributed by atoms with Crippen LogP contribution >= 0.6 is 11.6 Å². The van der Waals surface area contributed by atoms with Gasteiger partial charge in [-0.3, -0.25) is 9.59 Å². The number of hydrogen-bond donors (Lipinski definition) is 0. The summed E-state index contributed by atoms with van der Waals surface area (Å²) in [4.78, 5) is 22.6. The Morgan fingerprint density at radius 3 is 2.38 bits per heavy atom. The van der Waals surface area contributed by atoms with E-state index in [0.29, 0.717) is 5.02 Å². The van der Waals surface area contributed by atoms with Gasteiger partial charge in [0.2, 0.25) is 0 Å². The highest BCUT2D eigenvalue weighted by Gasteiger charge is 2.22. The molecule has 1 unspecified atom stereocenters. The number of hydrogen-bond acceptors (Lipinski definition) is 3. The Morgan fingerprint density at radius 1 is 1.38 bits per heavy atom. The van der Waals surface area contributed by atoms with Gasteiger partial charge in [0, 0.05) is 11.4 Å². The molecule has 0 aliphatic carbocycles. The van der Waals surface area contributed by atoms with E-state index in [1.807, 2.05) is 0 Å². The maximum Gasteiger partial charge on any atom is 0.163 e. The third kappa shape index (κ3) is 3.18. The fraction of sp³-hybridized carbons (Fsp3) is 0.250. The summed E-state index contributed by atoms with van der Waals surface area (Å²) in [6, 6.07) is 8.45. The quantitative estimate of drug-likeness (QED) is 0.752. The predicted octanol–water partition coefficient (Wildman–Crippen LogP) is 2.18. The second-order valence-electron chi connectivity index (χ2n) is 3.44. The molecular formula is C12H10ClNO2. The molecule has 0 aliphatic rings. The van der Waals surface area contributed by atoms with E-state index in [9.17, 15) is 9.59 Å². The molecule has 0 N–H and O–H groups in total. The van der Waals surface area contributed by atoms with Crippen molar-refractivity contribution in [1.29, 1.82) is 5.26 Å².